The van der Waals surface area contributed by atoms with Gasteiger partial charge in [-0.2, -0.15) is 13.2 Å². The van der Waals surface area contributed by atoms with Gasteiger partial charge in [0, 0.05) is 26.8 Å². The third kappa shape index (κ3) is 2.85. The highest BCUT2D eigenvalue weighted by Gasteiger charge is 2.39. The Bertz CT molecular complexity index is 332. The molecule has 0 spiro atoms. The van der Waals surface area contributed by atoms with Crippen LogP contribution < -0.4 is 10.6 Å². The molecule has 1 rings (SSSR count). The summed E-state index contributed by atoms with van der Waals surface area (Å²) in [4.78, 5) is 5.65. The summed E-state index contributed by atoms with van der Waals surface area (Å²) in [5.74, 6) is -1.03. The standard InChI is InChI=1S/C10H14F3N3/c1-16(2)9-4-3-7(6-15-9)8(5-14)10(11,12)13/h3-4,6,8H,5,14H2,1-2H3. The molecule has 0 aliphatic rings. The molecule has 1 unspecified atom stereocenters. The van der Waals surface area contributed by atoms with Gasteiger partial charge < -0.3 is 10.6 Å². The number of hydrogen-bond acceptors (Lipinski definition) is 3. The Morgan fingerprint density at radius 3 is 2.31 bits per heavy atom. The van der Waals surface area contributed by atoms with Crippen molar-refractivity contribution in [2.24, 2.45) is 5.73 Å². The van der Waals surface area contributed by atoms with Crippen LogP contribution in [-0.4, -0.2) is 31.8 Å². The van der Waals surface area contributed by atoms with E-state index in [0.717, 1.165) is 0 Å². The number of halogens is 3. The third-order valence-corrected chi connectivity index (χ3v) is 2.26. The predicted molar refractivity (Wildman–Crippen MR) is 56.4 cm³/mol. The first-order chi connectivity index (χ1) is 7.36. The first kappa shape index (κ1) is 12.8. The molecule has 6 heteroatoms. The number of pyridine rings is 1. The molecule has 0 saturated carbocycles. The van der Waals surface area contributed by atoms with Crippen molar-refractivity contribution in [3.8, 4) is 0 Å². The fourth-order valence-corrected chi connectivity index (χ4v) is 1.33. The zero-order valence-electron chi connectivity index (χ0n) is 9.12. The maximum atomic E-state index is 12.5. The van der Waals surface area contributed by atoms with E-state index in [1.165, 1.54) is 12.3 Å². The van der Waals surface area contributed by atoms with Crippen LogP contribution in [0.5, 0.6) is 0 Å². The molecule has 0 aromatic carbocycles. The molecule has 1 atom stereocenters. The van der Waals surface area contributed by atoms with Crippen LogP contribution in [0.1, 0.15) is 11.5 Å². The van der Waals surface area contributed by atoms with Crippen LogP contribution in [0.3, 0.4) is 0 Å². The van der Waals surface area contributed by atoms with E-state index in [4.69, 9.17) is 5.73 Å². The summed E-state index contributed by atoms with van der Waals surface area (Å²) in [6.45, 7) is -0.466. The molecule has 16 heavy (non-hydrogen) atoms. The van der Waals surface area contributed by atoms with Crippen molar-refractivity contribution in [3.63, 3.8) is 0 Å². The molecule has 90 valence electrons. The highest BCUT2D eigenvalue weighted by atomic mass is 19.4. The number of hydrogen-bond donors (Lipinski definition) is 1. The van der Waals surface area contributed by atoms with E-state index in [0.29, 0.717) is 5.82 Å². The number of aromatic nitrogens is 1. The quantitative estimate of drug-likeness (QED) is 0.864. The highest BCUT2D eigenvalue weighted by Crippen LogP contribution is 2.33. The van der Waals surface area contributed by atoms with Crippen LogP contribution in [0.25, 0.3) is 0 Å². The van der Waals surface area contributed by atoms with Gasteiger partial charge in [0.25, 0.3) is 0 Å². The molecule has 1 aromatic heterocycles. The molecule has 0 bridgehead atoms. The van der Waals surface area contributed by atoms with Crippen molar-refractivity contribution in [1.82, 2.24) is 4.98 Å². The molecular weight excluding hydrogens is 219 g/mol. The average Bonchev–Trinajstić information content (AvgIpc) is 2.17. The molecule has 1 aromatic rings. The second-order valence-electron chi connectivity index (χ2n) is 3.67. The Kier molecular flexibility index (Phi) is 3.74. The number of nitrogens with two attached hydrogens (primary N) is 1. The van der Waals surface area contributed by atoms with Gasteiger partial charge in [-0.25, -0.2) is 4.98 Å². The summed E-state index contributed by atoms with van der Waals surface area (Å²) in [5.41, 5.74) is 5.23. The molecule has 1 heterocycles. The lowest BCUT2D eigenvalue weighted by molar-refractivity contribution is -0.148. The van der Waals surface area contributed by atoms with Crippen molar-refractivity contribution < 1.29 is 13.2 Å². The molecule has 0 aliphatic heterocycles. The Labute approximate surface area is 92.1 Å². The number of anilines is 1. The largest absolute Gasteiger partial charge is 0.397 e. The fourth-order valence-electron chi connectivity index (χ4n) is 1.33. The maximum absolute atomic E-state index is 12.5. The first-order valence-electron chi connectivity index (χ1n) is 4.76. The predicted octanol–water partition coefficient (Wildman–Crippen LogP) is 1.75. The van der Waals surface area contributed by atoms with E-state index in [-0.39, 0.29) is 5.56 Å². The van der Waals surface area contributed by atoms with Gasteiger partial charge in [0.15, 0.2) is 0 Å². The van der Waals surface area contributed by atoms with E-state index >= 15 is 0 Å². The smallest absolute Gasteiger partial charge is 0.363 e. The number of rotatable bonds is 3. The summed E-state index contributed by atoms with van der Waals surface area (Å²) in [6, 6.07) is 2.96. The van der Waals surface area contributed by atoms with Crippen molar-refractivity contribution in [2.45, 2.75) is 12.1 Å². The van der Waals surface area contributed by atoms with E-state index in [1.54, 1.807) is 25.1 Å². The molecule has 0 fully saturated rings. The third-order valence-electron chi connectivity index (χ3n) is 2.26. The van der Waals surface area contributed by atoms with E-state index in [2.05, 4.69) is 4.98 Å². The zero-order chi connectivity index (χ0) is 12.3. The van der Waals surface area contributed by atoms with Gasteiger partial charge in [-0.05, 0) is 11.6 Å². The van der Waals surface area contributed by atoms with Crippen LogP contribution in [0, 0.1) is 0 Å². The minimum absolute atomic E-state index is 0.0978. The average molecular weight is 233 g/mol. The van der Waals surface area contributed by atoms with E-state index < -0.39 is 18.6 Å². The lowest BCUT2D eigenvalue weighted by Gasteiger charge is -2.19. The van der Waals surface area contributed by atoms with Crippen LogP contribution in [-0.2, 0) is 0 Å². The summed E-state index contributed by atoms with van der Waals surface area (Å²) in [5, 5.41) is 0. The van der Waals surface area contributed by atoms with Gasteiger partial charge in [-0.15, -0.1) is 0 Å². The monoisotopic (exact) mass is 233 g/mol. The summed E-state index contributed by atoms with van der Waals surface area (Å²) in [6.07, 6.45) is -3.10. The molecule has 3 nitrogen and oxygen atoms in total. The molecule has 0 saturated heterocycles. The number of alkyl halides is 3. The maximum Gasteiger partial charge on any atom is 0.397 e. The van der Waals surface area contributed by atoms with Crippen LogP contribution in [0.2, 0.25) is 0 Å². The Morgan fingerprint density at radius 2 is 2.00 bits per heavy atom. The van der Waals surface area contributed by atoms with Crippen LogP contribution in [0.4, 0.5) is 19.0 Å². The lowest BCUT2D eigenvalue weighted by atomic mass is 10.0. The van der Waals surface area contributed by atoms with Crippen molar-refractivity contribution in [3.05, 3.63) is 23.9 Å². The number of nitrogens with zero attached hydrogens (tertiary/aromatic N) is 2. The highest BCUT2D eigenvalue weighted by molar-refractivity contribution is 5.38. The Morgan fingerprint density at radius 1 is 1.38 bits per heavy atom. The molecule has 0 amide bonds. The summed E-state index contributed by atoms with van der Waals surface area (Å²) in [7, 11) is 3.54. The second-order valence-corrected chi connectivity index (χ2v) is 3.67. The Balaban J connectivity index is 2.96. The Hall–Kier alpha value is -1.30. The van der Waals surface area contributed by atoms with E-state index in [1.807, 2.05) is 0 Å². The van der Waals surface area contributed by atoms with Crippen LogP contribution in [0.15, 0.2) is 18.3 Å². The van der Waals surface area contributed by atoms with Gasteiger partial charge in [-0.1, -0.05) is 6.07 Å². The second kappa shape index (κ2) is 4.69. The molecular formula is C10H14F3N3. The van der Waals surface area contributed by atoms with Gasteiger partial charge in [0.05, 0.1) is 5.92 Å². The summed E-state index contributed by atoms with van der Waals surface area (Å²) >= 11 is 0. The van der Waals surface area contributed by atoms with Gasteiger partial charge in [0.1, 0.15) is 5.82 Å². The molecule has 0 radical (unpaired) electrons. The van der Waals surface area contributed by atoms with E-state index in [9.17, 15) is 13.2 Å². The van der Waals surface area contributed by atoms with Gasteiger partial charge in [0.2, 0.25) is 0 Å². The fraction of sp³-hybridized carbons (Fsp3) is 0.500. The van der Waals surface area contributed by atoms with Gasteiger partial charge in [-0.3, -0.25) is 0 Å². The lowest BCUT2D eigenvalue weighted by Crippen LogP contribution is -2.28. The van der Waals surface area contributed by atoms with Crippen molar-refractivity contribution >= 4 is 5.82 Å². The first-order valence-corrected chi connectivity index (χ1v) is 4.76. The minimum atomic E-state index is -4.32. The van der Waals surface area contributed by atoms with Gasteiger partial charge >= 0.3 is 6.18 Å². The topological polar surface area (TPSA) is 42.1 Å². The molecule has 2 N–H and O–H groups in total. The summed E-state index contributed by atoms with van der Waals surface area (Å²) < 4.78 is 37.6. The zero-order valence-corrected chi connectivity index (χ0v) is 9.12. The normalized spacial score (nSPS) is 13.6. The molecule has 0 aliphatic carbocycles. The minimum Gasteiger partial charge on any atom is -0.363 e. The van der Waals surface area contributed by atoms with Crippen LogP contribution >= 0.6 is 0 Å². The SMILES string of the molecule is CN(C)c1ccc(C(CN)C(F)(F)F)cn1. The van der Waals surface area contributed by atoms with Crippen molar-refractivity contribution in [1.29, 1.82) is 0 Å². The van der Waals surface area contributed by atoms with Crippen molar-refractivity contribution in [2.75, 3.05) is 25.5 Å².